The van der Waals surface area contributed by atoms with Crippen molar-refractivity contribution in [1.82, 2.24) is 14.7 Å². The lowest BCUT2D eigenvalue weighted by atomic mass is 10.1. The van der Waals surface area contributed by atoms with Crippen molar-refractivity contribution < 1.29 is 23.8 Å². The maximum atomic E-state index is 12.9. The van der Waals surface area contributed by atoms with E-state index in [2.05, 4.69) is 4.90 Å². The molecule has 164 valence electrons. The number of nitrogens with zero attached hydrogens (tertiary/aromatic N) is 3. The number of hydrogen-bond acceptors (Lipinski definition) is 6. The normalized spacial score (nSPS) is 22.1. The van der Waals surface area contributed by atoms with Crippen LogP contribution in [0.5, 0.6) is 11.5 Å². The zero-order chi connectivity index (χ0) is 21.1. The number of amides is 2. The molecule has 2 amide bonds. The minimum absolute atomic E-state index is 0.0687. The summed E-state index contributed by atoms with van der Waals surface area (Å²) in [6, 6.07) is 3.64. The molecule has 3 aliphatic rings. The molecule has 0 spiro atoms. The number of rotatable bonds is 7. The van der Waals surface area contributed by atoms with Crippen molar-refractivity contribution in [3.05, 3.63) is 22.7 Å². The lowest BCUT2D eigenvalue weighted by Gasteiger charge is -2.24. The Morgan fingerprint density at radius 2 is 1.87 bits per heavy atom. The van der Waals surface area contributed by atoms with Gasteiger partial charge in [-0.1, -0.05) is 11.6 Å². The fourth-order valence-corrected chi connectivity index (χ4v) is 4.46. The van der Waals surface area contributed by atoms with E-state index in [1.165, 1.54) is 0 Å². The van der Waals surface area contributed by atoms with Crippen LogP contribution in [0.15, 0.2) is 12.1 Å². The number of carbonyl (C=O) groups is 2. The van der Waals surface area contributed by atoms with Gasteiger partial charge in [-0.15, -0.1) is 0 Å². The molecule has 2 saturated heterocycles. The van der Waals surface area contributed by atoms with Crippen LogP contribution in [0, 0.1) is 0 Å². The van der Waals surface area contributed by atoms with E-state index in [-0.39, 0.29) is 24.7 Å². The number of ether oxygens (including phenoxy) is 3. The van der Waals surface area contributed by atoms with Crippen molar-refractivity contribution in [2.45, 2.75) is 31.9 Å². The molecule has 4 rings (SSSR count). The van der Waals surface area contributed by atoms with E-state index in [1.807, 2.05) is 15.9 Å². The van der Waals surface area contributed by atoms with Crippen LogP contribution in [-0.2, 0) is 20.9 Å². The van der Waals surface area contributed by atoms with Gasteiger partial charge in [-0.2, -0.15) is 0 Å². The number of likely N-dealkylation sites (tertiary alicyclic amines) is 1. The maximum absolute atomic E-state index is 12.9. The Labute approximate surface area is 181 Å². The molecular formula is C21H28ClN3O5. The van der Waals surface area contributed by atoms with Crippen LogP contribution in [0.3, 0.4) is 0 Å². The number of carbonyl (C=O) groups excluding carboxylic acids is 2. The highest BCUT2D eigenvalue weighted by molar-refractivity contribution is 6.31. The quantitative estimate of drug-likeness (QED) is 0.647. The molecule has 0 saturated carbocycles. The van der Waals surface area contributed by atoms with Crippen molar-refractivity contribution in [3.8, 4) is 11.5 Å². The zero-order valence-corrected chi connectivity index (χ0v) is 18.0. The van der Waals surface area contributed by atoms with Gasteiger partial charge in [0.05, 0.1) is 12.6 Å². The molecule has 1 atom stereocenters. The van der Waals surface area contributed by atoms with Gasteiger partial charge in [0, 0.05) is 63.9 Å². The van der Waals surface area contributed by atoms with Crippen molar-refractivity contribution in [3.63, 3.8) is 0 Å². The Morgan fingerprint density at radius 1 is 1.10 bits per heavy atom. The first kappa shape index (κ1) is 21.2. The molecule has 1 aromatic carbocycles. The van der Waals surface area contributed by atoms with Crippen LogP contribution in [-0.4, -0.2) is 85.8 Å². The lowest BCUT2D eigenvalue weighted by molar-refractivity contribution is -0.131. The lowest BCUT2D eigenvalue weighted by Crippen LogP contribution is -2.39. The van der Waals surface area contributed by atoms with Gasteiger partial charge >= 0.3 is 0 Å². The molecule has 3 heterocycles. The molecule has 1 aromatic rings. The molecule has 9 heteroatoms. The summed E-state index contributed by atoms with van der Waals surface area (Å²) in [5, 5.41) is 0.594. The Morgan fingerprint density at radius 3 is 2.60 bits per heavy atom. The van der Waals surface area contributed by atoms with Crippen molar-refractivity contribution >= 4 is 23.4 Å². The molecular weight excluding hydrogens is 410 g/mol. The summed E-state index contributed by atoms with van der Waals surface area (Å²) in [7, 11) is 1.67. The first-order chi connectivity index (χ1) is 14.5. The van der Waals surface area contributed by atoms with Crippen LogP contribution in [0.1, 0.15) is 24.8 Å². The van der Waals surface area contributed by atoms with E-state index in [1.54, 1.807) is 13.2 Å². The summed E-state index contributed by atoms with van der Waals surface area (Å²) in [6.07, 6.45) is 2.27. The van der Waals surface area contributed by atoms with E-state index in [0.717, 1.165) is 24.9 Å². The van der Waals surface area contributed by atoms with Crippen LogP contribution >= 0.6 is 11.6 Å². The van der Waals surface area contributed by atoms with Crippen LogP contribution in [0.25, 0.3) is 0 Å². The van der Waals surface area contributed by atoms with E-state index in [0.29, 0.717) is 62.2 Å². The van der Waals surface area contributed by atoms with E-state index in [4.69, 9.17) is 25.8 Å². The minimum Gasteiger partial charge on any atom is -0.454 e. The van der Waals surface area contributed by atoms with Gasteiger partial charge in [-0.25, -0.2) is 0 Å². The van der Waals surface area contributed by atoms with Gasteiger partial charge in [0.25, 0.3) is 0 Å². The Bertz CT molecular complexity index is 805. The summed E-state index contributed by atoms with van der Waals surface area (Å²) in [6.45, 7) is 4.36. The Hall–Kier alpha value is -2.03. The zero-order valence-electron chi connectivity index (χ0n) is 17.3. The smallest absolute Gasteiger partial charge is 0.236 e. The van der Waals surface area contributed by atoms with Gasteiger partial charge < -0.3 is 24.0 Å². The fourth-order valence-electron chi connectivity index (χ4n) is 4.25. The minimum atomic E-state index is -0.0855. The number of fused-ring (bicyclic) bond motifs is 1. The van der Waals surface area contributed by atoms with Crippen molar-refractivity contribution in [1.29, 1.82) is 0 Å². The highest BCUT2D eigenvalue weighted by atomic mass is 35.5. The van der Waals surface area contributed by atoms with Crippen LogP contribution in [0.2, 0.25) is 5.02 Å². The number of methoxy groups -OCH3 is 1. The molecule has 30 heavy (non-hydrogen) atoms. The van der Waals surface area contributed by atoms with E-state index >= 15 is 0 Å². The van der Waals surface area contributed by atoms with E-state index < -0.39 is 0 Å². The molecule has 0 N–H and O–H groups in total. The summed E-state index contributed by atoms with van der Waals surface area (Å²) in [4.78, 5) is 30.5. The van der Waals surface area contributed by atoms with E-state index in [9.17, 15) is 9.59 Å². The fraction of sp³-hybridized carbons (Fsp3) is 0.619. The molecule has 0 aliphatic carbocycles. The summed E-state index contributed by atoms with van der Waals surface area (Å²) in [5.41, 5.74) is 0.893. The predicted octanol–water partition coefficient (Wildman–Crippen LogP) is 1.74. The Balaban J connectivity index is 1.37. The average Bonchev–Trinajstić information content (AvgIpc) is 3.30. The first-order valence-electron chi connectivity index (χ1n) is 10.4. The largest absolute Gasteiger partial charge is 0.454 e. The third-order valence-corrected chi connectivity index (χ3v) is 6.25. The highest BCUT2D eigenvalue weighted by Crippen LogP contribution is 2.37. The monoisotopic (exact) mass is 437 g/mol. The summed E-state index contributed by atoms with van der Waals surface area (Å²) in [5.74, 6) is 1.61. The third-order valence-electron chi connectivity index (χ3n) is 5.89. The van der Waals surface area contributed by atoms with Crippen LogP contribution < -0.4 is 9.47 Å². The first-order valence-corrected chi connectivity index (χ1v) is 10.8. The molecule has 0 bridgehead atoms. The maximum Gasteiger partial charge on any atom is 0.236 e. The second kappa shape index (κ2) is 9.41. The number of halogens is 1. The highest BCUT2D eigenvalue weighted by Gasteiger charge is 2.29. The summed E-state index contributed by atoms with van der Waals surface area (Å²) < 4.78 is 16.5. The predicted molar refractivity (Wildman–Crippen MR) is 111 cm³/mol. The van der Waals surface area contributed by atoms with Crippen LogP contribution in [0.4, 0.5) is 0 Å². The third kappa shape index (κ3) is 4.82. The standard InChI is InChI=1S/C21H28ClN3O5/c1-28-16-11-23(10-15-8-18-19(9-17(15)22)30-14-29-18)13-21(27)25(12-16)7-3-6-24-5-2-4-20(24)26/h8-9,16H,2-7,10-14H2,1H3. The molecule has 3 aliphatic heterocycles. The molecule has 1 unspecified atom stereocenters. The Kier molecular flexibility index (Phi) is 6.65. The van der Waals surface area contributed by atoms with Gasteiger partial charge in [-0.05, 0) is 24.5 Å². The van der Waals surface area contributed by atoms with Crippen molar-refractivity contribution in [2.24, 2.45) is 0 Å². The van der Waals surface area contributed by atoms with Crippen molar-refractivity contribution in [2.75, 3.05) is 53.2 Å². The molecule has 8 nitrogen and oxygen atoms in total. The van der Waals surface area contributed by atoms with Gasteiger partial charge in [0.1, 0.15) is 0 Å². The van der Waals surface area contributed by atoms with Gasteiger partial charge in [-0.3, -0.25) is 14.5 Å². The number of benzene rings is 1. The molecule has 2 fully saturated rings. The second-order valence-corrected chi connectivity index (χ2v) is 8.41. The summed E-state index contributed by atoms with van der Waals surface area (Å²) >= 11 is 6.42. The second-order valence-electron chi connectivity index (χ2n) is 8.00. The SMILES string of the molecule is COC1CN(Cc2cc3c(cc2Cl)OCO3)CC(=O)N(CCCN2CCCC2=O)C1. The topological polar surface area (TPSA) is 71.6 Å². The molecule has 0 aromatic heterocycles. The average molecular weight is 438 g/mol. The van der Waals surface area contributed by atoms with Gasteiger partial charge in [0.15, 0.2) is 11.5 Å². The molecule has 0 radical (unpaired) electrons. The number of hydrogen-bond donors (Lipinski definition) is 0. The van der Waals surface area contributed by atoms with Gasteiger partial charge in [0.2, 0.25) is 18.6 Å².